The number of morpholine rings is 1. The first kappa shape index (κ1) is 19.7. The van der Waals surface area contributed by atoms with Crippen LogP contribution in [-0.2, 0) is 14.8 Å². The van der Waals surface area contributed by atoms with Gasteiger partial charge in [0.2, 0.25) is 10.0 Å². The Hall–Kier alpha value is -3.27. The lowest BCUT2D eigenvalue weighted by Gasteiger charge is -2.26. The number of H-pyrrole nitrogens is 1. The third kappa shape index (κ3) is 3.27. The van der Waals surface area contributed by atoms with Crippen LogP contribution in [-0.4, -0.2) is 60.7 Å². The first-order valence-electron chi connectivity index (χ1n) is 9.79. The van der Waals surface area contributed by atoms with E-state index >= 15 is 0 Å². The number of sulfonamides is 1. The van der Waals surface area contributed by atoms with E-state index < -0.39 is 15.9 Å². The number of fused-ring (bicyclic) bond motifs is 1. The van der Waals surface area contributed by atoms with Crippen molar-refractivity contribution in [2.45, 2.75) is 4.90 Å². The van der Waals surface area contributed by atoms with Crippen LogP contribution in [0.5, 0.6) is 5.88 Å². The second kappa shape index (κ2) is 7.45. The second-order valence-corrected chi connectivity index (χ2v) is 9.21. The van der Waals surface area contributed by atoms with Crippen LogP contribution >= 0.6 is 0 Å². The van der Waals surface area contributed by atoms with Crippen LogP contribution in [0.2, 0.25) is 0 Å². The lowest BCUT2D eigenvalue weighted by Crippen LogP contribution is -2.40. The van der Waals surface area contributed by atoms with E-state index in [1.54, 1.807) is 12.1 Å². The van der Waals surface area contributed by atoms with Gasteiger partial charge in [-0.25, -0.2) is 13.4 Å². The number of aromatic amines is 1. The molecule has 2 N–H and O–H groups in total. The van der Waals surface area contributed by atoms with Crippen molar-refractivity contribution in [1.29, 1.82) is 0 Å². The molecule has 0 spiro atoms. The molecule has 0 radical (unpaired) electrons. The van der Waals surface area contributed by atoms with Gasteiger partial charge >= 0.3 is 0 Å². The van der Waals surface area contributed by atoms with E-state index in [9.17, 15) is 18.3 Å². The van der Waals surface area contributed by atoms with Crippen molar-refractivity contribution in [3.63, 3.8) is 0 Å². The lowest BCUT2D eigenvalue weighted by molar-refractivity contribution is 0.0730. The molecule has 158 valence electrons. The van der Waals surface area contributed by atoms with E-state index in [-0.39, 0.29) is 10.8 Å². The highest BCUT2D eigenvalue weighted by atomic mass is 32.2. The number of nitrogens with zero attached hydrogens (tertiary/aromatic N) is 2. The van der Waals surface area contributed by atoms with E-state index in [4.69, 9.17) is 4.74 Å². The minimum absolute atomic E-state index is 0.150. The summed E-state index contributed by atoms with van der Waals surface area (Å²) in [5.41, 5.74) is 2.75. The largest absolute Gasteiger partial charge is 0.494 e. The zero-order valence-electron chi connectivity index (χ0n) is 16.4. The Morgan fingerprint density at radius 3 is 2.29 bits per heavy atom. The molecular weight excluding hydrogens is 418 g/mol. The fraction of sp³-hybridized carbons (Fsp3) is 0.182. The van der Waals surface area contributed by atoms with Crippen molar-refractivity contribution >= 4 is 21.6 Å². The number of carbonyl (C=O) groups excluding carboxylic acids is 1. The molecule has 8 nitrogen and oxygen atoms in total. The molecule has 1 aromatic heterocycles. The number of amides is 1. The Morgan fingerprint density at radius 2 is 1.61 bits per heavy atom. The van der Waals surface area contributed by atoms with Crippen LogP contribution in [0, 0.1) is 0 Å². The highest BCUT2D eigenvalue weighted by Gasteiger charge is 2.34. The van der Waals surface area contributed by atoms with Gasteiger partial charge in [0.15, 0.2) is 5.88 Å². The maximum Gasteiger partial charge on any atom is 0.280 e. The Bertz CT molecular complexity index is 1290. The minimum atomic E-state index is -3.62. The summed E-state index contributed by atoms with van der Waals surface area (Å²) in [5, 5.41) is 10.5. The van der Waals surface area contributed by atoms with Gasteiger partial charge in [0.25, 0.3) is 5.91 Å². The minimum Gasteiger partial charge on any atom is -0.494 e. The van der Waals surface area contributed by atoms with Crippen LogP contribution in [0.25, 0.3) is 11.3 Å². The molecule has 2 aliphatic rings. The number of aromatic nitrogens is 1. The first-order chi connectivity index (χ1) is 15.0. The highest BCUT2D eigenvalue weighted by molar-refractivity contribution is 7.89. The molecule has 2 aliphatic heterocycles. The summed E-state index contributed by atoms with van der Waals surface area (Å²) in [6.45, 7) is 1.37. The number of aromatic hydroxyl groups is 1. The standard InChI is InChI=1S/C22H19N3O5S/c26-21-17-18(22(27)23-19(17)14-4-2-1-3-5-14)20(24-21)15-6-8-16(9-7-15)31(28,29)25-10-12-30-13-11-25/h1-9,23,27H,10-13H2. The second-order valence-electron chi connectivity index (χ2n) is 7.27. The number of hydrogen-bond donors (Lipinski definition) is 2. The van der Waals surface area contributed by atoms with Crippen molar-refractivity contribution in [1.82, 2.24) is 9.29 Å². The number of ether oxygens (including phenoxy) is 1. The van der Waals surface area contributed by atoms with E-state index in [0.717, 1.165) is 5.56 Å². The number of hydrogen-bond acceptors (Lipinski definition) is 5. The zero-order chi connectivity index (χ0) is 21.6. The van der Waals surface area contributed by atoms with Gasteiger partial charge in [-0.05, 0) is 17.7 Å². The Labute approximate surface area is 178 Å². The summed E-state index contributed by atoms with van der Waals surface area (Å²) in [6.07, 6.45) is 0. The number of benzene rings is 2. The normalized spacial score (nSPS) is 16.9. The molecule has 31 heavy (non-hydrogen) atoms. The third-order valence-electron chi connectivity index (χ3n) is 5.44. The van der Waals surface area contributed by atoms with Crippen molar-refractivity contribution in [2.75, 3.05) is 26.3 Å². The van der Waals surface area contributed by atoms with Crippen LogP contribution in [0.1, 0.15) is 21.5 Å². The topological polar surface area (TPSA) is 112 Å². The predicted octanol–water partition coefficient (Wildman–Crippen LogP) is 2.40. The number of aliphatic imine (C=N–C) groups is 1. The number of carbonyl (C=O) groups is 1. The molecule has 9 heteroatoms. The molecule has 0 bridgehead atoms. The SMILES string of the molecule is O=C1N=C(c2ccc(S(=O)(=O)N3CCOCC3)cc2)c2c(O)[nH]c(-c3ccccc3)c21. The van der Waals surface area contributed by atoms with Crippen LogP contribution < -0.4 is 0 Å². The summed E-state index contributed by atoms with van der Waals surface area (Å²) in [4.78, 5) is 19.8. The fourth-order valence-electron chi connectivity index (χ4n) is 3.90. The van der Waals surface area contributed by atoms with Crippen LogP contribution in [0.3, 0.4) is 0 Å². The molecule has 1 saturated heterocycles. The Balaban J connectivity index is 1.50. The summed E-state index contributed by atoms with van der Waals surface area (Å²) >= 11 is 0. The summed E-state index contributed by atoms with van der Waals surface area (Å²) in [5.74, 6) is -0.603. The van der Waals surface area contributed by atoms with Gasteiger partial charge in [-0.15, -0.1) is 0 Å². The first-order valence-corrected chi connectivity index (χ1v) is 11.2. The summed E-state index contributed by atoms with van der Waals surface area (Å²) < 4.78 is 32.3. The van der Waals surface area contributed by atoms with E-state index in [1.807, 2.05) is 30.3 Å². The molecule has 3 aromatic rings. The van der Waals surface area contributed by atoms with Crippen LogP contribution in [0.15, 0.2) is 64.5 Å². The molecule has 2 aromatic carbocycles. The van der Waals surface area contributed by atoms with Gasteiger partial charge in [-0.2, -0.15) is 4.31 Å². The molecule has 3 heterocycles. The van der Waals surface area contributed by atoms with Gasteiger partial charge in [0, 0.05) is 18.7 Å². The molecule has 0 unspecified atom stereocenters. The monoisotopic (exact) mass is 437 g/mol. The van der Waals surface area contributed by atoms with Gasteiger partial charge in [-0.1, -0.05) is 42.5 Å². The van der Waals surface area contributed by atoms with E-state index in [0.29, 0.717) is 54.4 Å². The molecule has 1 fully saturated rings. The van der Waals surface area contributed by atoms with Crippen molar-refractivity contribution in [2.24, 2.45) is 4.99 Å². The summed E-state index contributed by atoms with van der Waals surface area (Å²) in [6, 6.07) is 15.4. The van der Waals surface area contributed by atoms with E-state index in [1.165, 1.54) is 16.4 Å². The molecule has 1 amide bonds. The highest BCUT2D eigenvalue weighted by Crippen LogP contribution is 2.38. The number of nitrogens with one attached hydrogen (secondary N) is 1. The Morgan fingerprint density at radius 1 is 0.935 bits per heavy atom. The summed E-state index contributed by atoms with van der Waals surface area (Å²) in [7, 11) is -3.62. The van der Waals surface area contributed by atoms with Gasteiger partial charge < -0.3 is 14.8 Å². The van der Waals surface area contributed by atoms with Crippen molar-refractivity contribution in [3.05, 3.63) is 71.3 Å². The van der Waals surface area contributed by atoms with Crippen LogP contribution in [0.4, 0.5) is 0 Å². The zero-order valence-corrected chi connectivity index (χ0v) is 17.2. The quantitative estimate of drug-likeness (QED) is 0.651. The molecule has 0 saturated carbocycles. The maximum atomic E-state index is 12.8. The van der Waals surface area contributed by atoms with E-state index in [2.05, 4.69) is 9.98 Å². The van der Waals surface area contributed by atoms with Gasteiger partial charge in [-0.3, -0.25) is 4.79 Å². The molecule has 5 rings (SSSR count). The molecular formula is C22H19N3O5S. The lowest BCUT2D eigenvalue weighted by atomic mass is 10.0. The average molecular weight is 437 g/mol. The predicted molar refractivity (Wildman–Crippen MR) is 114 cm³/mol. The Kier molecular flexibility index (Phi) is 4.73. The maximum absolute atomic E-state index is 12.8. The average Bonchev–Trinajstić information content (AvgIpc) is 3.33. The number of rotatable bonds is 4. The fourth-order valence-corrected chi connectivity index (χ4v) is 5.30. The molecule has 0 aliphatic carbocycles. The van der Waals surface area contributed by atoms with Gasteiger partial charge in [0.1, 0.15) is 0 Å². The van der Waals surface area contributed by atoms with Gasteiger partial charge in [0.05, 0.1) is 40.6 Å². The van der Waals surface area contributed by atoms with Crippen molar-refractivity contribution < 1.29 is 23.1 Å². The smallest absolute Gasteiger partial charge is 0.280 e. The third-order valence-corrected chi connectivity index (χ3v) is 7.36. The molecule has 0 atom stereocenters. The van der Waals surface area contributed by atoms with Crippen molar-refractivity contribution in [3.8, 4) is 17.1 Å².